The molecule has 0 amide bonds. The molecule has 0 unspecified atom stereocenters. The molecule has 1 aromatic carbocycles. The van der Waals surface area contributed by atoms with E-state index in [0.717, 1.165) is 22.3 Å². The van der Waals surface area contributed by atoms with Gasteiger partial charge in [0.2, 0.25) is 0 Å². The van der Waals surface area contributed by atoms with Crippen molar-refractivity contribution in [3.63, 3.8) is 0 Å². The first-order valence-electron chi connectivity index (χ1n) is 6.11. The Morgan fingerprint density at radius 1 is 1.39 bits per heavy atom. The SMILES string of the molecule is Cc1ccc(Br)cc1-c1nc(C2CC(N)C2)cs1. The van der Waals surface area contributed by atoms with Gasteiger partial charge in [0, 0.05) is 27.4 Å². The first-order valence-corrected chi connectivity index (χ1v) is 7.78. The van der Waals surface area contributed by atoms with Gasteiger partial charge < -0.3 is 5.73 Å². The van der Waals surface area contributed by atoms with Gasteiger partial charge in [-0.25, -0.2) is 4.98 Å². The van der Waals surface area contributed by atoms with Gasteiger partial charge >= 0.3 is 0 Å². The van der Waals surface area contributed by atoms with Crippen LogP contribution in [0.1, 0.15) is 30.0 Å². The molecule has 3 rings (SSSR count). The van der Waals surface area contributed by atoms with Crippen molar-refractivity contribution in [2.24, 2.45) is 5.73 Å². The van der Waals surface area contributed by atoms with Crippen molar-refractivity contribution < 1.29 is 0 Å². The van der Waals surface area contributed by atoms with E-state index in [9.17, 15) is 0 Å². The van der Waals surface area contributed by atoms with Crippen LogP contribution in [-0.2, 0) is 0 Å². The van der Waals surface area contributed by atoms with Crippen LogP contribution in [0.2, 0.25) is 0 Å². The molecule has 0 saturated heterocycles. The Balaban J connectivity index is 1.90. The van der Waals surface area contributed by atoms with Gasteiger partial charge in [0.25, 0.3) is 0 Å². The highest BCUT2D eigenvalue weighted by atomic mass is 79.9. The third kappa shape index (κ3) is 2.25. The van der Waals surface area contributed by atoms with Crippen LogP contribution in [0.25, 0.3) is 10.6 Å². The summed E-state index contributed by atoms with van der Waals surface area (Å²) >= 11 is 5.25. The number of halogens is 1. The molecule has 0 atom stereocenters. The molecule has 1 aromatic heterocycles. The van der Waals surface area contributed by atoms with Crippen LogP contribution in [0.4, 0.5) is 0 Å². The van der Waals surface area contributed by atoms with E-state index in [1.165, 1.54) is 16.8 Å². The molecule has 0 spiro atoms. The second kappa shape index (κ2) is 4.76. The summed E-state index contributed by atoms with van der Waals surface area (Å²) in [5.41, 5.74) is 9.55. The lowest BCUT2D eigenvalue weighted by molar-refractivity contribution is 0.346. The van der Waals surface area contributed by atoms with Gasteiger partial charge in [-0.1, -0.05) is 22.0 Å². The molecule has 0 radical (unpaired) electrons. The topological polar surface area (TPSA) is 38.9 Å². The van der Waals surface area contributed by atoms with E-state index in [0.29, 0.717) is 12.0 Å². The van der Waals surface area contributed by atoms with Crippen LogP contribution < -0.4 is 5.73 Å². The quantitative estimate of drug-likeness (QED) is 0.904. The van der Waals surface area contributed by atoms with Crippen molar-refractivity contribution in [2.45, 2.75) is 31.7 Å². The molecule has 94 valence electrons. The predicted octanol–water partition coefficient (Wildman–Crippen LogP) is 4.09. The maximum atomic E-state index is 5.84. The molecular weight excluding hydrogens is 308 g/mol. The fraction of sp³-hybridized carbons (Fsp3) is 0.357. The van der Waals surface area contributed by atoms with Crippen LogP contribution in [0.15, 0.2) is 28.1 Å². The van der Waals surface area contributed by atoms with Crippen molar-refractivity contribution in [1.82, 2.24) is 4.98 Å². The van der Waals surface area contributed by atoms with Crippen LogP contribution >= 0.6 is 27.3 Å². The van der Waals surface area contributed by atoms with E-state index in [1.807, 2.05) is 0 Å². The highest BCUT2D eigenvalue weighted by molar-refractivity contribution is 9.10. The van der Waals surface area contributed by atoms with Gasteiger partial charge in [0.1, 0.15) is 5.01 Å². The Morgan fingerprint density at radius 2 is 2.17 bits per heavy atom. The van der Waals surface area contributed by atoms with Crippen LogP contribution in [-0.4, -0.2) is 11.0 Å². The summed E-state index contributed by atoms with van der Waals surface area (Å²) in [6, 6.07) is 6.72. The van der Waals surface area contributed by atoms with Crippen molar-refractivity contribution in [1.29, 1.82) is 0 Å². The summed E-state index contributed by atoms with van der Waals surface area (Å²) < 4.78 is 1.10. The van der Waals surface area contributed by atoms with Gasteiger partial charge in [0.15, 0.2) is 0 Å². The van der Waals surface area contributed by atoms with Crippen LogP contribution in [0.3, 0.4) is 0 Å². The molecule has 4 heteroatoms. The average Bonchev–Trinajstić information content (AvgIpc) is 2.77. The number of nitrogens with two attached hydrogens (primary N) is 1. The second-order valence-electron chi connectivity index (χ2n) is 4.97. The Hall–Kier alpha value is -0.710. The summed E-state index contributed by atoms with van der Waals surface area (Å²) in [7, 11) is 0. The zero-order valence-electron chi connectivity index (χ0n) is 10.2. The Kier molecular flexibility index (Phi) is 3.26. The lowest BCUT2D eigenvalue weighted by Crippen LogP contribution is -2.34. The highest BCUT2D eigenvalue weighted by Crippen LogP contribution is 2.38. The van der Waals surface area contributed by atoms with Gasteiger partial charge in [-0.05, 0) is 37.5 Å². The molecule has 0 bridgehead atoms. The first kappa shape index (κ1) is 12.3. The molecule has 1 saturated carbocycles. The van der Waals surface area contributed by atoms with Crippen LogP contribution in [0.5, 0.6) is 0 Å². The molecule has 2 N–H and O–H groups in total. The minimum absolute atomic E-state index is 0.382. The van der Waals surface area contributed by atoms with Crippen molar-refractivity contribution in [2.75, 3.05) is 0 Å². The molecule has 1 aliphatic rings. The Bertz CT molecular complexity index is 573. The molecule has 2 nitrogen and oxygen atoms in total. The van der Waals surface area contributed by atoms with E-state index in [1.54, 1.807) is 11.3 Å². The monoisotopic (exact) mass is 322 g/mol. The first-order chi connectivity index (χ1) is 8.63. The van der Waals surface area contributed by atoms with Crippen molar-refractivity contribution in [3.05, 3.63) is 39.3 Å². The van der Waals surface area contributed by atoms with E-state index in [2.05, 4.69) is 46.4 Å². The number of nitrogens with zero attached hydrogens (tertiary/aromatic N) is 1. The van der Waals surface area contributed by atoms with E-state index in [-0.39, 0.29) is 0 Å². The van der Waals surface area contributed by atoms with E-state index in [4.69, 9.17) is 10.7 Å². The average molecular weight is 323 g/mol. The lowest BCUT2D eigenvalue weighted by atomic mass is 9.79. The smallest absolute Gasteiger partial charge is 0.123 e. The van der Waals surface area contributed by atoms with Crippen molar-refractivity contribution in [3.8, 4) is 10.6 Å². The van der Waals surface area contributed by atoms with E-state index >= 15 is 0 Å². The zero-order chi connectivity index (χ0) is 12.7. The molecular formula is C14H15BrN2S. The Labute approximate surface area is 119 Å². The van der Waals surface area contributed by atoms with Gasteiger partial charge in [-0.3, -0.25) is 0 Å². The molecule has 1 heterocycles. The molecule has 2 aromatic rings. The number of thiazole rings is 1. The standard InChI is InChI=1S/C14H15BrN2S/c1-8-2-3-10(15)6-12(8)14-17-13(7-18-14)9-4-11(16)5-9/h2-3,6-7,9,11H,4-5,16H2,1H3. The molecule has 18 heavy (non-hydrogen) atoms. The lowest BCUT2D eigenvalue weighted by Gasteiger charge is -2.30. The van der Waals surface area contributed by atoms with Crippen molar-refractivity contribution >= 4 is 27.3 Å². The van der Waals surface area contributed by atoms with E-state index < -0.39 is 0 Å². The third-order valence-corrected chi connectivity index (χ3v) is 4.93. The zero-order valence-corrected chi connectivity index (χ0v) is 12.6. The largest absolute Gasteiger partial charge is 0.328 e. The maximum absolute atomic E-state index is 5.84. The summed E-state index contributed by atoms with van der Waals surface area (Å²) in [6.45, 7) is 2.13. The van der Waals surface area contributed by atoms with Crippen LogP contribution in [0, 0.1) is 6.92 Å². The summed E-state index contributed by atoms with van der Waals surface area (Å²) in [6.07, 6.45) is 2.17. The molecule has 1 fully saturated rings. The Morgan fingerprint density at radius 3 is 2.89 bits per heavy atom. The summed E-state index contributed by atoms with van der Waals surface area (Å²) in [4.78, 5) is 4.78. The number of rotatable bonds is 2. The van der Waals surface area contributed by atoms with Gasteiger partial charge in [-0.2, -0.15) is 0 Å². The third-order valence-electron chi connectivity index (χ3n) is 3.54. The second-order valence-corrected chi connectivity index (χ2v) is 6.74. The number of aryl methyl sites for hydroxylation is 1. The number of aromatic nitrogens is 1. The highest BCUT2D eigenvalue weighted by Gasteiger charge is 2.29. The number of hydrogen-bond donors (Lipinski definition) is 1. The molecule has 0 aliphatic heterocycles. The predicted molar refractivity (Wildman–Crippen MR) is 79.9 cm³/mol. The molecule has 1 aliphatic carbocycles. The van der Waals surface area contributed by atoms with Gasteiger partial charge in [-0.15, -0.1) is 11.3 Å². The maximum Gasteiger partial charge on any atom is 0.123 e. The normalized spacial score (nSPS) is 22.8. The minimum Gasteiger partial charge on any atom is -0.328 e. The number of hydrogen-bond acceptors (Lipinski definition) is 3. The van der Waals surface area contributed by atoms with Gasteiger partial charge in [0.05, 0.1) is 5.69 Å². The number of benzene rings is 1. The fourth-order valence-corrected chi connectivity index (χ4v) is 3.67. The fourth-order valence-electron chi connectivity index (χ4n) is 2.33. The summed E-state index contributed by atoms with van der Waals surface area (Å²) in [5, 5.41) is 3.30. The summed E-state index contributed by atoms with van der Waals surface area (Å²) in [5.74, 6) is 0.581. The minimum atomic E-state index is 0.382.